The molecule has 3 aromatic carbocycles. The first-order chi connectivity index (χ1) is 18.9. The minimum absolute atomic E-state index is 0.145. The van der Waals surface area contributed by atoms with Crippen LogP contribution in [0, 0.1) is 29.2 Å². The van der Waals surface area contributed by atoms with E-state index in [0.29, 0.717) is 41.0 Å². The minimum Gasteiger partial charge on any atom is -0.203 e. The van der Waals surface area contributed by atoms with E-state index in [1.54, 1.807) is 48.5 Å². The van der Waals surface area contributed by atoms with Crippen LogP contribution in [-0.4, -0.2) is 0 Å². The van der Waals surface area contributed by atoms with Crippen molar-refractivity contribution in [1.82, 2.24) is 0 Å². The molecule has 3 aromatic rings. The molecule has 0 saturated carbocycles. The molecule has 4 rings (SSSR count). The molecule has 0 radical (unpaired) electrons. The Morgan fingerprint density at radius 3 is 1.87 bits per heavy atom. The van der Waals surface area contributed by atoms with Crippen LogP contribution in [0.25, 0.3) is 27.8 Å². The Labute approximate surface area is 230 Å². The lowest BCUT2D eigenvalue weighted by Gasteiger charge is -2.20. The van der Waals surface area contributed by atoms with Crippen molar-refractivity contribution in [3.05, 3.63) is 101 Å². The summed E-state index contributed by atoms with van der Waals surface area (Å²) >= 11 is 0. The van der Waals surface area contributed by atoms with Crippen LogP contribution in [0.3, 0.4) is 0 Å². The molecule has 0 bridgehead atoms. The molecular weight excluding hydrogens is 496 g/mol. The maximum Gasteiger partial charge on any atom is 0.167 e. The Morgan fingerprint density at radius 2 is 1.26 bits per heavy atom. The van der Waals surface area contributed by atoms with Gasteiger partial charge in [-0.2, -0.15) is 0 Å². The molecule has 0 fully saturated rings. The zero-order chi connectivity index (χ0) is 27.8. The Hall–Kier alpha value is -3.14. The third-order valence-electron chi connectivity index (χ3n) is 7.81. The minimum atomic E-state index is -0.895. The van der Waals surface area contributed by atoms with Gasteiger partial charge in [-0.05, 0) is 67.2 Å². The number of hydrogen-bond donors (Lipinski definition) is 0. The van der Waals surface area contributed by atoms with Crippen molar-refractivity contribution in [2.75, 3.05) is 0 Å². The molecule has 0 saturated heterocycles. The monoisotopic (exact) mass is 534 g/mol. The molecule has 0 aliphatic heterocycles. The highest BCUT2D eigenvalue weighted by atomic mass is 19.2. The van der Waals surface area contributed by atoms with E-state index in [9.17, 15) is 8.78 Å². The number of aryl methyl sites for hydroxylation is 1. The summed E-state index contributed by atoms with van der Waals surface area (Å²) in [5.74, 6) is -2.97. The molecule has 206 valence electrons. The summed E-state index contributed by atoms with van der Waals surface area (Å²) in [6.45, 7) is 4.15. The van der Waals surface area contributed by atoms with Crippen molar-refractivity contribution >= 4 is 5.57 Å². The molecule has 0 heterocycles. The molecule has 0 aromatic heterocycles. The van der Waals surface area contributed by atoms with Crippen molar-refractivity contribution in [2.45, 2.75) is 78.1 Å². The van der Waals surface area contributed by atoms with Crippen molar-refractivity contribution in [3.63, 3.8) is 0 Å². The fraction of sp³-hybridized carbons (Fsp3) is 0.371. The van der Waals surface area contributed by atoms with Crippen LogP contribution in [0.4, 0.5) is 17.6 Å². The lowest BCUT2D eigenvalue weighted by Crippen LogP contribution is -2.05. The van der Waals surface area contributed by atoms with Crippen LogP contribution in [0.15, 0.2) is 66.8 Å². The van der Waals surface area contributed by atoms with Crippen molar-refractivity contribution in [2.24, 2.45) is 5.92 Å². The predicted molar refractivity (Wildman–Crippen MR) is 154 cm³/mol. The number of rotatable bonds is 11. The van der Waals surface area contributed by atoms with Gasteiger partial charge in [0.25, 0.3) is 0 Å². The predicted octanol–water partition coefficient (Wildman–Crippen LogP) is 11.2. The number of benzene rings is 3. The van der Waals surface area contributed by atoms with Crippen LogP contribution in [0.5, 0.6) is 0 Å². The summed E-state index contributed by atoms with van der Waals surface area (Å²) in [6, 6.07) is 13.0. The Morgan fingerprint density at radius 1 is 0.692 bits per heavy atom. The zero-order valence-electron chi connectivity index (χ0n) is 23.0. The van der Waals surface area contributed by atoms with Crippen molar-refractivity contribution in [3.8, 4) is 22.3 Å². The highest BCUT2D eigenvalue weighted by molar-refractivity contribution is 5.74. The Kier molecular flexibility index (Phi) is 10.2. The Bertz CT molecular complexity index is 1320. The molecule has 39 heavy (non-hydrogen) atoms. The quantitative estimate of drug-likeness (QED) is 0.130. The van der Waals surface area contributed by atoms with E-state index in [4.69, 9.17) is 0 Å². The smallest absolute Gasteiger partial charge is 0.167 e. The number of halogens is 4. The van der Waals surface area contributed by atoms with Gasteiger partial charge in [0.05, 0.1) is 0 Å². The molecule has 1 unspecified atom stereocenters. The zero-order valence-corrected chi connectivity index (χ0v) is 23.0. The highest BCUT2D eigenvalue weighted by Gasteiger charge is 2.21. The molecule has 1 aliphatic carbocycles. The van der Waals surface area contributed by atoms with Gasteiger partial charge >= 0.3 is 0 Å². The molecule has 0 amide bonds. The number of unbranched alkanes of at least 4 members (excludes halogenated alkanes) is 5. The van der Waals surface area contributed by atoms with E-state index in [2.05, 4.69) is 13.0 Å². The van der Waals surface area contributed by atoms with Crippen LogP contribution >= 0.6 is 0 Å². The summed E-state index contributed by atoms with van der Waals surface area (Å²) in [5.41, 5.74) is 2.82. The average molecular weight is 535 g/mol. The van der Waals surface area contributed by atoms with Gasteiger partial charge in [-0.1, -0.05) is 106 Å². The van der Waals surface area contributed by atoms with Crippen molar-refractivity contribution < 1.29 is 17.6 Å². The second-order valence-corrected chi connectivity index (χ2v) is 10.6. The third-order valence-corrected chi connectivity index (χ3v) is 7.81. The van der Waals surface area contributed by atoms with Crippen molar-refractivity contribution in [1.29, 1.82) is 0 Å². The summed E-state index contributed by atoms with van der Waals surface area (Å²) in [4.78, 5) is 0. The maximum atomic E-state index is 15.2. The molecule has 0 nitrogen and oxygen atoms in total. The van der Waals surface area contributed by atoms with Gasteiger partial charge in [0.2, 0.25) is 0 Å². The van der Waals surface area contributed by atoms with Gasteiger partial charge < -0.3 is 0 Å². The fourth-order valence-electron chi connectivity index (χ4n) is 5.50. The average Bonchev–Trinajstić information content (AvgIpc) is 2.95. The molecule has 1 aliphatic rings. The highest BCUT2D eigenvalue weighted by Crippen LogP contribution is 2.36. The lowest BCUT2D eigenvalue weighted by molar-refractivity contribution is 0.497. The van der Waals surface area contributed by atoms with Crippen LogP contribution in [0.2, 0.25) is 0 Å². The van der Waals surface area contributed by atoms with E-state index < -0.39 is 23.3 Å². The summed E-state index contributed by atoms with van der Waals surface area (Å²) in [7, 11) is 0. The van der Waals surface area contributed by atoms with Crippen LogP contribution in [-0.2, 0) is 6.42 Å². The molecule has 0 N–H and O–H groups in total. The third kappa shape index (κ3) is 6.90. The first kappa shape index (κ1) is 28.9. The summed E-state index contributed by atoms with van der Waals surface area (Å²) in [6.07, 6.45) is 15.7. The van der Waals surface area contributed by atoms with E-state index in [1.807, 2.05) is 19.1 Å². The SMILES string of the molecule is C/C=C/C1CC=C(c2ccc(-c3ccc(-c4ccc(CCCCCCCC)c(F)c4F)cc3)c(F)c2F)CC1. The Balaban J connectivity index is 1.48. The molecule has 0 spiro atoms. The van der Waals surface area contributed by atoms with Gasteiger partial charge in [0, 0.05) is 16.7 Å². The number of hydrogen-bond acceptors (Lipinski definition) is 0. The van der Waals surface area contributed by atoms with E-state index in [-0.39, 0.29) is 11.1 Å². The van der Waals surface area contributed by atoms with Gasteiger partial charge in [0.15, 0.2) is 23.3 Å². The van der Waals surface area contributed by atoms with E-state index in [1.165, 1.54) is 19.3 Å². The topological polar surface area (TPSA) is 0 Å². The lowest BCUT2D eigenvalue weighted by atomic mass is 9.85. The second-order valence-electron chi connectivity index (χ2n) is 10.6. The number of allylic oxidation sites excluding steroid dienone is 4. The van der Waals surface area contributed by atoms with Crippen LogP contribution in [0.1, 0.15) is 82.8 Å². The maximum absolute atomic E-state index is 15.2. The van der Waals surface area contributed by atoms with E-state index in [0.717, 1.165) is 37.7 Å². The second kappa shape index (κ2) is 13.8. The molecular formula is C35H38F4. The summed E-state index contributed by atoms with van der Waals surface area (Å²) in [5, 5.41) is 0. The first-order valence-corrected chi connectivity index (χ1v) is 14.3. The largest absolute Gasteiger partial charge is 0.203 e. The fourth-order valence-corrected chi connectivity index (χ4v) is 5.50. The summed E-state index contributed by atoms with van der Waals surface area (Å²) < 4.78 is 60.0. The van der Waals surface area contributed by atoms with Gasteiger partial charge in [-0.15, -0.1) is 0 Å². The van der Waals surface area contributed by atoms with Gasteiger partial charge in [-0.3, -0.25) is 0 Å². The first-order valence-electron chi connectivity index (χ1n) is 14.3. The van der Waals surface area contributed by atoms with Gasteiger partial charge in [-0.25, -0.2) is 17.6 Å². The van der Waals surface area contributed by atoms with Gasteiger partial charge in [0.1, 0.15) is 0 Å². The molecule has 1 atom stereocenters. The standard InChI is InChI=1S/C35H38F4/c1-3-5-6-7-8-9-11-28-20-21-29(33(37)32(28)36)26-16-18-27(19-17-26)31-23-22-30(34(38)35(31)39)25-14-12-24(10-4-2)13-15-25/h4,10,14,16-24H,3,5-9,11-13,15H2,1-2H3/b10-4+. The normalized spacial score (nSPS) is 15.6. The molecule has 4 heteroatoms. The van der Waals surface area contributed by atoms with Crippen LogP contribution < -0.4 is 0 Å². The van der Waals surface area contributed by atoms with E-state index >= 15 is 8.78 Å².